The number of phosphoric ester groups is 2. The first-order chi connectivity index (χ1) is 45.0. The third-order valence-corrected chi connectivity index (χ3v) is 19.2. The summed E-state index contributed by atoms with van der Waals surface area (Å²) in [5.74, 6) is -1.38. The van der Waals surface area contributed by atoms with E-state index in [0.717, 1.165) is 102 Å². The van der Waals surface area contributed by atoms with Gasteiger partial charge in [0.05, 0.1) is 26.4 Å². The second-order valence-electron chi connectivity index (χ2n) is 27.2. The Kier molecular flexibility index (Phi) is 65.9. The average Bonchev–Trinajstić information content (AvgIpc) is 2.10. The van der Waals surface area contributed by atoms with Gasteiger partial charge in [0.25, 0.3) is 0 Å². The van der Waals surface area contributed by atoms with Crippen molar-refractivity contribution in [2.45, 2.75) is 406 Å². The molecule has 19 heteroatoms. The molecule has 0 saturated carbocycles. The molecule has 0 rings (SSSR count). The van der Waals surface area contributed by atoms with Crippen molar-refractivity contribution >= 4 is 39.5 Å². The molecule has 93 heavy (non-hydrogen) atoms. The Morgan fingerprint density at radius 3 is 0.731 bits per heavy atom. The van der Waals surface area contributed by atoms with Crippen LogP contribution in [0.5, 0.6) is 0 Å². The van der Waals surface area contributed by atoms with Gasteiger partial charge in [-0.2, -0.15) is 0 Å². The van der Waals surface area contributed by atoms with Crippen LogP contribution < -0.4 is 0 Å². The van der Waals surface area contributed by atoms with E-state index < -0.39 is 97.5 Å². The van der Waals surface area contributed by atoms with Crippen molar-refractivity contribution in [1.82, 2.24) is 0 Å². The molecule has 0 bridgehead atoms. The highest BCUT2D eigenvalue weighted by Crippen LogP contribution is 2.45. The maximum atomic E-state index is 13.1. The van der Waals surface area contributed by atoms with Gasteiger partial charge < -0.3 is 33.8 Å². The highest BCUT2D eigenvalue weighted by molar-refractivity contribution is 7.47. The first kappa shape index (κ1) is 91.1. The SMILES string of the molecule is CCCCCCCCCCCCCCCCCCCCC(=O)O[C@H](COC(=O)CCCCCCCCCCCCCCCCC)COP(=O)(O)OC[C@@H](O)COP(=O)(O)OC[C@@H](COC(=O)CCCCCCCCCC)OC(=O)CCCCCCCCCCCC(C)C. The molecule has 3 N–H and O–H groups in total. The summed E-state index contributed by atoms with van der Waals surface area (Å²) in [7, 11) is -9.90. The summed E-state index contributed by atoms with van der Waals surface area (Å²) in [5, 5.41) is 10.6. The lowest BCUT2D eigenvalue weighted by Gasteiger charge is -2.21. The van der Waals surface area contributed by atoms with Crippen LogP contribution in [0.3, 0.4) is 0 Å². The van der Waals surface area contributed by atoms with Gasteiger partial charge in [-0.25, -0.2) is 9.13 Å². The molecular weight excluding hydrogens is 1220 g/mol. The standard InChI is InChI=1S/C74H144O17P2/c1-6-9-12-15-18-21-23-25-27-28-29-31-33-35-39-44-49-54-59-73(78)90-70(64-85-72(77)58-53-48-43-38-34-32-30-26-24-22-19-16-13-10-7-2)66-89-93(82,83)87-62-68(75)61-86-92(80,81)88-65-69(63-84-71(76)57-52-47-42-20-17-14-11-8-3)91-74(79)60-55-50-45-40-36-37-41-46-51-56-67(4)5/h67-70,75H,6-66H2,1-5H3,(H,80,81)(H,82,83)/t68-,69+,70+/m0/s1. The Morgan fingerprint density at radius 2 is 0.495 bits per heavy atom. The van der Waals surface area contributed by atoms with Crippen LogP contribution in [-0.4, -0.2) is 96.7 Å². The van der Waals surface area contributed by atoms with Crippen LogP contribution in [0, 0.1) is 5.92 Å². The molecule has 0 saturated heterocycles. The number of rotatable bonds is 74. The van der Waals surface area contributed by atoms with Gasteiger partial charge in [-0.05, 0) is 31.6 Å². The van der Waals surface area contributed by atoms with Gasteiger partial charge in [-0.1, -0.05) is 336 Å². The second-order valence-corrected chi connectivity index (χ2v) is 30.1. The monoisotopic (exact) mass is 1370 g/mol. The number of carbonyl (C=O) groups excluding carboxylic acids is 4. The van der Waals surface area contributed by atoms with E-state index in [-0.39, 0.29) is 25.7 Å². The molecule has 0 aromatic carbocycles. The van der Waals surface area contributed by atoms with Gasteiger partial charge in [-0.3, -0.25) is 37.3 Å². The van der Waals surface area contributed by atoms with Crippen LogP contribution >= 0.6 is 15.6 Å². The van der Waals surface area contributed by atoms with Gasteiger partial charge in [0.2, 0.25) is 0 Å². The fraction of sp³-hybridized carbons (Fsp3) is 0.946. The molecule has 0 aliphatic carbocycles. The van der Waals surface area contributed by atoms with Crippen LogP contribution in [0.2, 0.25) is 0 Å². The maximum Gasteiger partial charge on any atom is 0.472 e. The lowest BCUT2D eigenvalue weighted by molar-refractivity contribution is -0.161. The Hall–Kier alpha value is -1.94. The normalized spacial score (nSPS) is 14.0. The summed E-state index contributed by atoms with van der Waals surface area (Å²) in [6.45, 7) is 7.23. The second kappa shape index (κ2) is 67.3. The average molecular weight is 1370 g/mol. The van der Waals surface area contributed by atoms with Gasteiger partial charge in [0.15, 0.2) is 12.2 Å². The van der Waals surface area contributed by atoms with Crippen LogP contribution in [0.15, 0.2) is 0 Å². The van der Waals surface area contributed by atoms with Crippen molar-refractivity contribution < 1.29 is 80.2 Å². The summed E-state index contributed by atoms with van der Waals surface area (Å²) in [4.78, 5) is 72.6. The van der Waals surface area contributed by atoms with Crippen molar-refractivity contribution in [3.63, 3.8) is 0 Å². The number of hydrogen-bond donors (Lipinski definition) is 3. The minimum atomic E-state index is -4.95. The summed E-state index contributed by atoms with van der Waals surface area (Å²) >= 11 is 0. The highest BCUT2D eigenvalue weighted by Gasteiger charge is 2.30. The molecule has 0 radical (unpaired) electrons. The quantitative estimate of drug-likeness (QED) is 0.0222. The molecule has 5 atom stereocenters. The van der Waals surface area contributed by atoms with Crippen molar-refractivity contribution in [2.75, 3.05) is 39.6 Å². The molecule has 0 aliphatic rings. The molecule has 552 valence electrons. The lowest BCUT2D eigenvalue weighted by Crippen LogP contribution is -2.30. The van der Waals surface area contributed by atoms with Crippen LogP contribution in [0.4, 0.5) is 0 Å². The Balaban J connectivity index is 5.21. The molecule has 0 aromatic rings. The van der Waals surface area contributed by atoms with Gasteiger partial charge in [-0.15, -0.1) is 0 Å². The van der Waals surface area contributed by atoms with Crippen molar-refractivity contribution in [1.29, 1.82) is 0 Å². The van der Waals surface area contributed by atoms with E-state index in [4.69, 9.17) is 37.0 Å². The summed E-state index contributed by atoms with van der Waals surface area (Å²) in [6.07, 6.45) is 55.5. The minimum Gasteiger partial charge on any atom is -0.462 e. The number of aliphatic hydroxyl groups excluding tert-OH is 1. The van der Waals surface area contributed by atoms with Crippen molar-refractivity contribution in [2.24, 2.45) is 5.92 Å². The molecule has 2 unspecified atom stereocenters. The van der Waals surface area contributed by atoms with E-state index >= 15 is 0 Å². The van der Waals surface area contributed by atoms with Crippen LogP contribution in [0.25, 0.3) is 0 Å². The number of phosphoric acid groups is 2. The van der Waals surface area contributed by atoms with E-state index in [1.807, 2.05) is 0 Å². The lowest BCUT2D eigenvalue weighted by atomic mass is 10.0. The predicted molar refractivity (Wildman–Crippen MR) is 377 cm³/mol. The topological polar surface area (TPSA) is 237 Å². The van der Waals surface area contributed by atoms with Crippen molar-refractivity contribution in [3.8, 4) is 0 Å². The zero-order valence-electron chi connectivity index (χ0n) is 60.4. The van der Waals surface area contributed by atoms with Crippen LogP contribution in [-0.2, 0) is 65.4 Å². The Labute approximate surface area is 568 Å². The highest BCUT2D eigenvalue weighted by atomic mass is 31.2. The van der Waals surface area contributed by atoms with Gasteiger partial charge in [0.1, 0.15) is 19.3 Å². The number of esters is 4. The Bertz CT molecular complexity index is 1790. The zero-order valence-corrected chi connectivity index (χ0v) is 62.2. The summed E-state index contributed by atoms with van der Waals surface area (Å²) in [5.41, 5.74) is 0. The molecule has 17 nitrogen and oxygen atoms in total. The summed E-state index contributed by atoms with van der Waals surface area (Å²) in [6, 6.07) is 0. The molecule has 0 aliphatic heterocycles. The molecule has 0 spiro atoms. The minimum absolute atomic E-state index is 0.105. The van der Waals surface area contributed by atoms with Crippen LogP contribution in [0.1, 0.15) is 388 Å². The van der Waals surface area contributed by atoms with E-state index in [0.29, 0.717) is 25.7 Å². The number of unbranched alkanes of at least 4 members (excludes halogenated alkanes) is 46. The zero-order chi connectivity index (χ0) is 68.4. The number of hydrogen-bond acceptors (Lipinski definition) is 15. The van der Waals surface area contributed by atoms with E-state index in [1.165, 1.54) is 205 Å². The number of ether oxygens (including phenoxy) is 4. The number of carbonyl (C=O) groups is 4. The first-order valence-corrected chi connectivity index (χ1v) is 41.6. The maximum absolute atomic E-state index is 13.1. The largest absolute Gasteiger partial charge is 0.472 e. The van der Waals surface area contributed by atoms with E-state index in [2.05, 4.69) is 34.6 Å². The molecule has 0 heterocycles. The third-order valence-electron chi connectivity index (χ3n) is 17.3. The first-order valence-electron chi connectivity index (χ1n) is 38.6. The fourth-order valence-corrected chi connectivity index (χ4v) is 12.9. The molecule has 0 amide bonds. The van der Waals surface area contributed by atoms with Crippen molar-refractivity contribution in [3.05, 3.63) is 0 Å². The Morgan fingerprint density at radius 1 is 0.290 bits per heavy atom. The molecular formula is C74H144O17P2. The van der Waals surface area contributed by atoms with Gasteiger partial charge >= 0.3 is 39.5 Å². The third kappa shape index (κ3) is 68.4. The predicted octanol–water partition coefficient (Wildman–Crippen LogP) is 21.7. The fourth-order valence-electron chi connectivity index (χ4n) is 11.4. The smallest absolute Gasteiger partial charge is 0.462 e. The van der Waals surface area contributed by atoms with E-state index in [9.17, 15) is 43.2 Å². The van der Waals surface area contributed by atoms with E-state index in [1.54, 1.807) is 0 Å². The number of aliphatic hydroxyl groups is 1. The molecule has 0 fully saturated rings. The molecule has 0 aromatic heterocycles. The summed E-state index contributed by atoms with van der Waals surface area (Å²) < 4.78 is 68.4. The van der Waals surface area contributed by atoms with Gasteiger partial charge in [0, 0.05) is 25.7 Å².